The van der Waals surface area contributed by atoms with E-state index in [0.717, 1.165) is 29.5 Å². The predicted molar refractivity (Wildman–Crippen MR) is 107 cm³/mol. The van der Waals surface area contributed by atoms with Crippen LogP contribution in [0.4, 0.5) is 5.69 Å². The summed E-state index contributed by atoms with van der Waals surface area (Å²) in [5, 5.41) is 3.05. The van der Waals surface area contributed by atoms with Gasteiger partial charge >= 0.3 is 0 Å². The van der Waals surface area contributed by atoms with E-state index in [2.05, 4.69) is 66.1 Å². The highest BCUT2D eigenvalue weighted by atomic mass is 79.9. The Kier molecular flexibility index (Phi) is 5.03. The Bertz CT molecular complexity index is 814. The first-order valence-electron chi connectivity index (χ1n) is 8.77. The Labute approximate surface area is 158 Å². The van der Waals surface area contributed by atoms with Crippen molar-refractivity contribution in [1.82, 2.24) is 4.90 Å². The summed E-state index contributed by atoms with van der Waals surface area (Å²) in [6.45, 7) is 7.63. The van der Waals surface area contributed by atoms with E-state index >= 15 is 0 Å². The highest BCUT2D eigenvalue weighted by Crippen LogP contribution is 2.35. The Balaban J connectivity index is 1.85. The lowest BCUT2D eigenvalue weighted by atomic mass is 9.83. The minimum Gasteiger partial charge on any atom is -0.322 e. The van der Waals surface area contributed by atoms with Gasteiger partial charge < -0.3 is 5.32 Å². The fraction of sp³-hybridized carbons (Fsp3) is 0.381. The molecule has 1 aliphatic rings. The molecule has 0 saturated heterocycles. The molecule has 25 heavy (non-hydrogen) atoms. The number of hydrogen-bond acceptors (Lipinski definition) is 2. The molecular formula is C21H25BrN2O. The molecule has 0 fully saturated rings. The number of nitrogens with zero attached hydrogens (tertiary/aromatic N) is 1. The summed E-state index contributed by atoms with van der Waals surface area (Å²) in [7, 11) is 2.15. The van der Waals surface area contributed by atoms with Gasteiger partial charge in [0.1, 0.15) is 0 Å². The quantitative estimate of drug-likeness (QED) is 0.786. The largest absolute Gasteiger partial charge is 0.322 e. The number of carbonyl (C=O) groups is 1. The summed E-state index contributed by atoms with van der Waals surface area (Å²) in [5.41, 5.74) is 5.36. The molecule has 1 heterocycles. The van der Waals surface area contributed by atoms with Crippen molar-refractivity contribution in [3.8, 4) is 0 Å². The maximum absolute atomic E-state index is 12.6. The van der Waals surface area contributed by atoms with Crippen LogP contribution in [-0.2, 0) is 18.4 Å². The number of rotatable bonds is 3. The molecule has 0 aromatic heterocycles. The molecule has 2 aromatic rings. The highest BCUT2D eigenvalue weighted by molar-refractivity contribution is 9.10. The lowest BCUT2D eigenvalue weighted by Crippen LogP contribution is -2.44. The second-order valence-corrected chi connectivity index (χ2v) is 8.07. The number of fused-ring (bicyclic) bond motifs is 1. The number of anilines is 1. The molecular weight excluding hydrogens is 376 g/mol. The van der Waals surface area contributed by atoms with Crippen molar-refractivity contribution in [3.05, 3.63) is 63.1 Å². The van der Waals surface area contributed by atoms with Gasteiger partial charge in [-0.15, -0.1) is 0 Å². The van der Waals surface area contributed by atoms with Gasteiger partial charge in [0.25, 0.3) is 5.91 Å². The smallest absolute Gasteiger partial charge is 0.255 e. The molecule has 0 radical (unpaired) electrons. The van der Waals surface area contributed by atoms with Gasteiger partial charge in [0, 0.05) is 27.8 Å². The van der Waals surface area contributed by atoms with Crippen molar-refractivity contribution in [2.45, 2.75) is 39.2 Å². The minimum absolute atomic E-state index is 0.0277. The Morgan fingerprint density at radius 1 is 1.24 bits per heavy atom. The van der Waals surface area contributed by atoms with Crippen molar-refractivity contribution in [2.75, 3.05) is 18.9 Å². The second-order valence-electron chi connectivity index (χ2n) is 7.22. The second kappa shape index (κ2) is 6.93. The van der Waals surface area contributed by atoms with Crippen LogP contribution in [0.25, 0.3) is 0 Å². The molecule has 2 aromatic carbocycles. The summed E-state index contributed by atoms with van der Waals surface area (Å²) >= 11 is 3.55. The van der Waals surface area contributed by atoms with Crippen LogP contribution in [0.2, 0.25) is 0 Å². The van der Waals surface area contributed by atoms with E-state index in [1.54, 1.807) is 0 Å². The standard InChI is InChI=1S/C21H25BrN2O/c1-5-14-6-7-16(12-19(14)22)20(25)23-17-9-8-15-10-11-24(4)21(2,3)18(15)13-17/h6-9,12-13H,5,10-11H2,1-4H3,(H,23,25). The van der Waals surface area contributed by atoms with E-state index in [1.807, 2.05) is 24.3 Å². The van der Waals surface area contributed by atoms with Gasteiger partial charge in [-0.1, -0.05) is 35.0 Å². The van der Waals surface area contributed by atoms with Gasteiger partial charge in [-0.3, -0.25) is 9.69 Å². The van der Waals surface area contributed by atoms with Gasteiger partial charge in [0.2, 0.25) is 0 Å². The van der Waals surface area contributed by atoms with Crippen LogP contribution in [0.5, 0.6) is 0 Å². The minimum atomic E-state index is -0.0785. The zero-order valence-electron chi connectivity index (χ0n) is 15.3. The molecule has 0 atom stereocenters. The highest BCUT2D eigenvalue weighted by Gasteiger charge is 2.32. The van der Waals surface area contributed by atoms with Crippen LogP contribution < -0.4 is 5.32 Å². The van der Waals surface area contributed by atoms with E-state index in [4.69, 9.17) is 0 Å². The zero-order valence-corrected chi connectivity index (χ0v) is 16.9. The van der Waals surface area contributed by atoms with E-state index in [-0.39, 0.29) is 11.4 Å². The van der Waals surface area contributed by atoms with Crippen molar-refractivity contribution in [1.29, 1.82) is 0 Å². The summed E-state index contributed by atoms with van der Waals surface area (Å²) in [4.78, 5) is 15.0. The Morgan fingerprint density at radius 2 is 2.00 bits per heavy atom. The molecule has 1 amide bonds. The number of halogens is 1. The third-order valence-corrected chi connectivity index (χ3v) is 6.13. The summed E-state index contributed by atoms with van der Waals surface area (Å²) < 4.78 is 0.982. The topological polar surface area (TPSA) is 32.3 Å². The maximum atomic E-state index is 12.6. The maximum Gasteiger partial charge on any atom is 0.255 e. The van der Waals surface area contributed by atoms with Gasteiger partial charge in [-0.05, 0) is 74.7 Å². The average Bonchev–Trinajstić information content (AvgIpc) is 2.59. The van der Waals surface area contributed by atoms with E-state index in [9.17, 15) is 4.79 Å². The number of amides is 1. The van der Waals surface area contributed by atoms with Crippen molar-refractivity contribution in [2.24, 2.45) is 0 Å². The number of aryl methyl sites for hydroxylation is 1. The first kappa shape index (κ1) is 18.2. The Morgan fingerprint density at radius 3 is 2.68 bits per heavy atom. The molecule has 3 nitrogen and oxygen atoms in total. The molecule has 0 bridgehead atoms. The average molecular weight is 401 g/mol. The van der Waals surface area contributed by atoms with Gasteiger partial charge in [-0.2, -0.15) is 0 Å². The van der Waals surface area contributed by atoms with Crippen molar-refractivity contribution >= 4 is 27.5 Å². The monoisotopic (exact) mass is 400 g/mol. The molecule has 4 heteroatoms. The van der Waals surface area contributed by atoms with Gasteiger partial charge in [0.15, 0.2) is 0 Å². The number of nitrogens with one attached hydrogen (secondary N) is 1. The fourth-order valence-electron chi connectivity index (χ4n) is 3.39. The van der Waals surface area contributed by atoms with Gasteiger partial charge in [0.05, 0.1) is 0 Å². The van der Waals surface area contributed by atoms with Crippen LogP contribution in [0.1, 0.15) is 47.8 Å². The van der Waals surface area contributed by atoms with E-state index in [1.165, 1.54) is 16.7 Å². The summed E-state index contributed by atoms with van der Waals surface area (Å²) in [6.07, 6.45) is 1.99. The first-order valence-corrected chi connectivity index (χ1v) is 9.56. The normalized spacial score (nSPS) is 16.4. The summed E-state index contributed by atoms with van der Waals surface area (Å²) in [5.74, 6) is -0.0785. The Hall–Kier alpha value is -1.65. The number of carbonyl (C=O) groups excluding carboxylic acids is 1. The van der Waals surface area contributed by atoms with Crippen molar-refractivity contribution in [3.63, 3.8) is 0 Å². The molecule has 0 aliphatic carbocycles. The van der Waals surface area contributed by atoms with Crippen LogP contribution in [0.15, 0.2) is 40.9 Å². The number of likely N-dealkylation sites (N-methyl/N-ethyl adjacent to an activating group) is 1. The summed E-state index contributed by atoms with van der Waals surface area (Å²) in [6, 6.07) is 12.1. The van der Waals surface area contributed by atoms with Crippen LogP contribution in [0.3, 0.4) is 0 Å². The molecule has 0 spiro atoms. The van der Waals surface area contributed by atoms with E-state index in [0.29, 0.717) is 5.56 Å². The molecule has 0 unspecified atom stereocenters. The van der Waals surface area contributed by atoms with Crippen molar-refractivity contribution < 1.29 is 4.79 Å². The van der Waals surface area contributed by atoms with Crippen LogP contribution in [0, 0.1) is 0 Å². The van der Waals surface area contributed by atoms with E-state index < -0.39 is 0 Å². The number of hydrogen-bond donors (Lipinski definition) is 1. The predicted octanol–water partition coefficient (Wildman–Crippen LogP) is 4.99. The molecule has 1 aliphatic heterocycles. The molecule has 132 valence electrons. The lowest BCUT2D eigenvalue weighted by Gasteiger charge is -2.41. The lowest BCUT2D eigenvalue weighted by molar-refractivity contribution is 0.102. The molecule has 0 saturated carbocycles. The van der Waals surface area contributed by atoms with Crippen LogP contribution in [-0.4, -0.2) is 24.4 Å². The molecule has 1 N–H and O–H groups in total. The third-order valence-electron chi connectivity index (χ3n) is 5.39. The molecule has 3 rings (SSSR count). The fourth-order valence-corrected chi connectivity index (χ4v) is 4.05. The van der Waals surface area contributed by atoms with Crippen LogP contribution >= 0.6 is 15.9 Å². The number of benzene rings is 2. The van der Waals surface area contributed by atoms with Gasteiger partial charge in [-0.25, -0.2) is 0 Å². The SMILES string of the molecule is CCc1ccc(C(=O)Nc2ccc3c(c2)C(C)(C)N(C)CC3)cc1Br. The first-order chi connectivity index (χ1) is 11.8. The third kappa shape index (κ3) is 3.51. The zero-order chi connectivity index (χ0) is 18.2.